The van der Waals surface area contributed by atoms with Gasteiger partial charge in [0.25, 0.3) is 5.91 Å². The van der Waals surface area contributed by atoms with Crippen LogP contribution in [0.3, 0.4) is 0 Å². The molecule has 1 aromatic heterocycles. The standard InChI is InChI=1S/C30H29NO5/c1-19(2)18-35-24-14-13-21(17-25(24)34-3)27-26-28(32)22-11-7-8-12-23(22)36-29(26)30(33)31(27)16-15-20-9-5-4-6-10-20/h4-14,17,19,27H,15-16,18H2,1-3H3. The van der Waals surface area contributed by atoms with Gasteiger partial charge < -0.3 is 18.8 Å². The van der Waals surface area contributed by atoms with E-state index >= 15 is 0 Å². The molecule has 184 valence electrons. The lowest BCUT2D eigenvalue weighted by atomic mass is 9.97. The normalized spacial score (nSPS) is 14.9. The topological polar surface area (TPSA) is 69.0 Å². The quantitative estimate of drug-likeness (QED) is 0.325. The van der Waals surface area contributed by atoms with Crippen molar-refractivity contribution in [1.29, 1.82) is 0 Å². The summed E-state index contributed by atoms with van der Waals surface area (Å²) in [4.78, 5) is 29.0. The molecular formula is C30H29NO5. The summed E-state index contributed by atoms with van der Waals surface area (Å²) in [5, 5.41) is 0.461. The van der Waals surface area contributed by atoms with Gasteiger partial charge in [0.05, 0.1) is 30.7 Å². The minimum absolute atomic E-state index is 0.107. The van der Waals surface area contributed by atoms with E-state index in [1.54, 1.807) is 36.3 Å². The Morgan fingerprint density at radius 1 is 0.944 bits per heavy atom. The Labute approximate surface area is 210 Å². The van der Waals surface area contributed by atoms with Crippen LogP contribution in [0.25, 0.3) is 11.0 Å². The van der Waals surface area contributed by atoms with E-state index < -0.39 is 6.04 Å². The number of carbonyl (C=O) groups is 1. The average Bonchev–Trinajstić information content (AvgIpc) is 3.18. The van der Waals surface area contributed by atoms with Crippen molar-refractivity contribution in [2.75, 3.05) is 20.3 Å². The molecule has 0 N–H and O–H groups in total. The van der Waals surface area contributed by atoms with E-state index in [0.29, 0.717) is 53.5 Å². The Bertz CT molecular complexity index is 1460. The van der Waals surface area contributed by atoms with Crippen LogP contribution in [0.4, 0.5) is 0 Å². The zero-order chi connectivity index (χ0) is 25.2. The Kier molecular flexibility index (Phi) is 6.51. The molecule has 1 amide bonds. The highest BCUT2D eigenvalue weighted by molar-refractivity contribution is 5.99. The Hall–Kier alpha value is -4.06. The highest BCUT2D eigenvalue weighted by Gasteiger charge is 2.42. The first kappa shape index (κ1) is 23.7. The predicted molar refractivity (Wildman–Crippen MR) is 139 cm³/mol. The van der Waals surface area contributed by atoms with Crippen molar-refractivity contribution in [2.45, 2.75) is 26.3 Å². The number of hydrogen-bond acceptors (Lipinski definition) is 5. The second-order valence-electron chi connectivity index (χ2n) is 9.42. The minimum Gasteiger partial charge on any atom is -0.493 e. The van der Waals surface area contributed by atoms with Crippen LogP contribution >= 0.6 is 0 Å². The lowest BCUT2D eigenvalue weighted by molar-refractivity contribution is 0.0730. The number of benzene rings is 3. The van der Waals surface area contributed by atoms with Gasteiger partial charge in [0, 0.05) is 6.54 Å². The third-order valence-electron chi connectivity index (χ3n) is 6.43. The minimum atomic E-state index is -0.592. The summed E-state index contributed by atoms with van der Waals surface area (Å²) in [7, 11) is 1.59. The van der Waals surface area contributed by atoms with E-state index in [1.807, 2.05) is 48.5 Å². The molecule has 1 aliphatic heterocycles. The van der Waals surface area contributed by atoms with E-state index in [1.165, 1.54) is 0 Å². The number of fused-ring (bicyclic) bond motifs is 2. The Morgan fingerprint density at radius 3 is 2.44 bits per heavy atom. The van der Waals surface area contributed by atoms with Gasteiger partial charge in [0.15, 0.2) is 16.9 Å². The maximum Gasteiger partial charge on any atom is 0.290 e. The molecular weight excluding hydrogens is 454 g/mol. The molecule has 0 saturated carbocycles. The second-order valence-corrected chi connectivity index (χ2v) is 9.42. The van der Waals surface area contributed by atoms with Crippen molar-refractivity contribution in [1.82, 2.24) is 4.90 Å². The number of nitrogens with zero attached hydrogens (tertiary/aromatic N) is 1. The van der Waals surface area contributed by atoms with E-state index in [9.17, 15) is 9.59 Å². The number of methoxy groups -OCH3 is 1. The highest BCUT2D eigenvalue weighted by Crippen LogP contribution is 2.41. The van der Waals surface area contributed by atoms with Crippen molar-refractivity contribution in [3.05, 3.63) is 105 Å². The van der Waals surface area contributed by atoms with Crippen molar-refractivity contribution in [3.8, 4) is 11.5 Å². The van der Waals surface area contributed by atoms with Gasteiger partial charge >= 0.3 is 0 Å². The van der Waals surface area contributed by atoms with Crippen LogP contribution in [0.5, 0.6) is 11.5 Å². The maximum absolute atomic E-state index is 13.7. The smallest absolute Gasteiger partial charge is 0.290 e. The summed E-state index contributed by atoms with van der Waals surface area (Å²) in [6.45, 7) is 5.15. The molecule has 5 rings (SSSR count). The van der Waals surface area contributed by atoms with Gasteiger partial charge in [0.2, 0.25) is 5.76 Å². The Morgan fingerprint density at radius 2 is 1.69 bits per heavy atom. The molecule has 0 aliphatic carbocycles. The molecule has 0 spiro atoms. The molecule has 1 atom stereocenters. The molecule has 3 aromatic carbocycles. The predicted octanol–water partition coefficient (Wildman–Crippen LogP) is 5.62. The van der Waals surface area contributed by atoms with Gasteiger partial charge in [-0.1, -0.05) is 62.4 Å². The van der Waals surface area contributed by atoms with Gasteiger partial charge in [-0.2, -0.15) is 0 Å². The third-order valence-corrected chi connectivity index (χ3v) is 6.43. The number of rotatable bonds is 8. The molecule has 0 radical (unpaired) electrons. The largest absolute Gasteiger partial charge is 0.493 e. The van der Waals surface area contributed by atoms with Crippen LogP contribution in [-0.4, -0.2) is 31.1 Å². The summed E-state index contributed by atoms with van der Waals surface area (Å²) < 4.78 is 17.6. The van der Waals surface area contributed by atoms with E-state index in [2.05, 4.69) is 13.8 Å². The molecule has 6 heteroatoms. The second kappa shape index (κ2) is 9.90. The van der Waals surface area contributed by atoms with Crippen molar-refractivity contribution < 1.29 is 18.7 Å². The van der Waals surface area contributed by atoms with Crippen LogP contribution in [0.2, 0.25) is 0 Å². The average molecular weight is 484 g/mol. The molecule has 6 nitrogen and oxygen atoms in total. The van der Waals surface area contributed by atoms with E-state index in [-0.39, 0.29) is 17.1 Å². The highest BCUT2D eigenvalue weighted by atomic mass is 16.5. The lowest BCUT2D eigenvalue weighted by Gasteiger charge is -2.26. The van der Waals surface area contributed by atoms with E-state index in [0.717, 1.165) is 11.1 Å². The fraction of sp³-hybridized carbons (Fsp3) is 0.267. The molecule has 36 heavy (non-hydrogen) atoms. The molecule has 4 aromatic rings. The first-order valence-corrected chi connectivity index (χ1v) is 12.2. The van der Waals surface area contributed by atoms with E-state index in [4.69, 9.17) is 13.9 Å². The van der Waals surface area contributed by atoms with Crippen LogP contribution in [0, 0.1) is 5.92 Å². The molecule has 1 aliphatic rings. The molecule has 0 fully saturated rings. The van der Waals surface area contributed by atoms with Gasteiger partial charge in [-0.15, -0.1) is 0 Å². The summed E-state index contributed by atoms with van der Waals surface area (Å²) in [5.74, 6) is 1.37. The zero-order valence-corrected chi connectivity index (χ0v) is 20.7. The monoisotopic (exact) mass is 483 g/mol. The molecule has 1 unspecified atom stereocenters. The SMILES string of the molecule is COc1cc(C2c3c(oc4ccccc4c3=O)C(=O)N2CCc2ccccc2)ccc1OCC(C)C. The zero-order valence-electron chi connectivity index (χ0n) is 20.7. The van der Waals surface area contributed by atoms with Crippen molar-refractivity contribution >= 4 is 16.9 Å². The van der Waals surface area contributed by atoms with Gasteiger partial charge in [0.1, 0.15) is 5.58 Å². The van der Waals surface area contributed by atoms with Crippen LogP contribution in [-0.2, 0) is 6.42 Å². The number of amides is 1. The summed E-state index contributed by atoms with van der Waals surface area (Å²) in [5.41, 5.74) is 2.47. The summed E-state index contributed by atoms with van der Waals surface area (Å²) in [6.07, 6.45) is 0.650. The van der Waals surface area contributed by atoms with Crippen molar-refractivity contribution in [2.24, 2.45) is 5.92 Å². The number of para-hydroxylation sites is 1. The fourth-order valence-electron chi connectivity index (χ4n) is 4.67. The third kappa shape index (κ3) is 4.35. The first-order chi connectivity index (χ1) is 17.5. The van der Waals surface area contributed by atoms with Crippen LogP contribution in [0.15, 0.2) is 82.0 Å². The molecule has 0 bridgehead atoms. The van der Waals surface area contributed by atoms with Crippen molar-refractivity contribution in [3.63, 3.8) is 0 Å². The van der Waals surface area contributed by atoms with Crippen LogP contribution < -0.4 is 14.9 Å². The number of carbonyl (C=O) groups excluding carboxylic acids is 1. The lowest BCUT2D eigenvalue weighted by Crippen LogP contribution is -2.31. The van der Waals surface area contributed by atoms with Crippen LogP contribution in [0.1, 0.15) is 47.1 Å². The summed E-state index contributed by atoms with van der Waals surface area (Å²) >= 11 is 0. The van der Waals surface area contributed by atoms with Gasteiger partial charge in [-0.25, -0.2) is 0 Å². The maximum atomic E-state index is 13.7. The fourth-order valence-corrected chi connectivity index (χ4v) is 4.67. The number of hydrogen-bond donors (Lipinski definition) is 0. The molecule has 2 heterocycles. The number of ether oxygens (including phenoxy) is 2. The Balaban J connectivity index is 1.61. The molecule has 0 saturated heterocycles. The summed E-state index contributed by atoms with van der Waals surface area (Å²) in [6, 6.07) is 22.0. The van der Waals surface area contributed by atoms with Gasteiger partial charge in [-0.3, -0.25) is 9.59 Å². The van der Waals surface area contributed by atoms with Gasteiger partial charge in [-0.05, 0) is 47.7 Å². The first-order valence-electron chi connectivity index (χ1n) is 12.2.